The fourth-order valence-corrected chi connectivity index (χ4v) is 0.763. The van der Waals surface area contributed by atoms with Crippen molar-refractivity contribution in [3.8, 4) is 0 Å². The fraction of sp³-hybridized carbons (Fsp3) is 0.857. The van der Waals surface area contributed by atoms with Crippen LogP contribution < -0.4 is 11.1 Å². The zero-order chi connectivity index (χ0) is 8.85. The number of hydrogen-bond acceptors (Lipinski definition) is 2. The molecule has 11 heavy (non-hydrogen) atoms. The van der Waals surface area contributed by atoms with Crippen LogP contribution in [0.25, 0.3) is 0 Å². The van der Waals surface area contributed by atoms with E-state index in [4.69, 9.17) is 10.5 Å². The first-order chi connectivity index (χ1) is 5.07. The molecule has 0 rings (SSSR count). The average Bonchev–Trinajstić information content (AvgIpc) is 1.86. The maximum Gasteiger partial charge on any atom is 0.312 e. The number of primary amides is 1. The molecule has 0 aliphatic carbocycles. The van der Waals surface area contributed by atoms with Crippen molar-refractivity contribution >= 4 is 6.03 Å². The molecule has 0 aromatic heterocycles. The summed E-state index contributed by atoms with van der Waals surface area (Å²) in [5.74, 6) is 0.336. The highest BCUT2D eigenvalue weighted by atomic mass is 16.5. The summed E-state index contributed by atoms with van der Waals surface area (Å²) in [6.07, 6.45) is 0. The number of hydrogen-bond donors (Lipinski definition) is 2. The monoisotopic (exact) mass is 160 g/mol. The Morgan fingerprint density at radius 1 is 1.64 bits per heavy atom. The number of ether oxygens (including phenoxy) is 1. The van der Waals surface area contributed by atoms with Crippen LogP contribution in [0, 0.1) is 5.92 Å². The molecular formula is C7H16N2O2. The van der Waals surface area contributed by atoms with Crippen molar-refractivity contribution in [2.75, 3.05) is 13.7 Å². The Bertz CT molecular complexity index is 126. The van der Waals surface area contributed by atoms with Gasteiger partial charge in [-0.15, -0.1) is 0 Å². The van der Waals surface area contributed by atoms with Crippen molar-refractivity contribution in [1.82, 2.24) is 5.32 Å². The number of rotatable bonds is 4. The summed E-state index contributed by atoms with van der Waals surface area (Å²) in [5, 5.41) is 2.59. The van der Waals surface area contributed by atoms with E-state index in [1.54, 1.807) is 7.11 Å². The van der Waals surface area contributed by atoms with Crippen LogP contribution in [0.2, 0.25) is 0 Å². The van der Waals surface area contributed by atoms with Crippen LogP contribution in [0.3, 0.4) is 0 Å². The van der Waals surface area contributed by atoms with E-state index >= 15 is 0 Å². The summed E-state index contributed by atoms with van der Waals surface area (Å²) in [4.78, 5) is 10.4. The van der Waals surface area contributed by atoms with Crippen LogP contribution in [-0.4, -0.2) is 25.8 Å². The van der Waals surface area contributed by atoms with E-state index < -0.39 is 6.03 Å². The van der Waals surface area contributed by atoms with Gasteiger partial charge >= 0.3 is 6.03 Å². The lowest BCUT2D eigenvalue weighted by Gasteiger charge is -2.19. The molecule has 3 N–H and O–H groups in total. The van der Waals surface area contributed by atoms with Gasteiger partial charge in [-0.1, -0.05) is 13.8 Å². The molecule has 66 valence electrons. The Kier molecular flexibility index (Phi) is 4.61. The van der Waals surface area contributed by atoms with Crippen molar-refractivity contribution in [2.24, 2.45) is 11.7 Å². The molecule has 1 atom stereocenters. The number of amides is 2. The number of methoxy groups -OCH3 is 1. The van der Waals surface area contributed by atoms with E-state index in [9.17, 15) is 4.79 Å². The van der Waals surface area contributed by atoms with Gasteiger partial charge in [-0.05, 0) is 5.92 Å². The van der Waals surface area contributed by atoms with Gasteiger partial charge in [-0.2, -0.15) is 0 Å². The highest BCUT2D eigenvalue weighted by molar-refractivity contribution is 5.71. The maximum atomic E-state index is 10.4. The Morgan fingerprint density at radius 3 is 2.45 bits per heavy atom. The van der Waals surface area contributed by atoms with Crippen LogP contribution in [0.4, 0.5) is 4.79 Å². The van der Waals surface area contributed by atoms with Gasteiger partial charge in [-0.3, -0.25) is 0 Å². The first kappa shape index (κ1) is 10.2. The summed E-state index contributed by atoms with van der Waals surface area (Å²) in [5.41, 5.74) is 4.96. The molecule has 0 saturated heterocycles. The van der Waals surface area contributed by atoms with E-state index in [2.05, 4.69) is 5.32 Å². The van der Waals surface area contributed by atoms with E-state index in [1.807, 2.05) is 13.8 Å². The minimum absolute atomic E-state index is 0.0116. The molecule has 4 nitrogen and oxygen atoms in total. The lowest BCUT2D eigenvalue weighted by Crippen LogP contribution is -2.44. The van der Waals surface area contributed by atoms with Crippen LogP contribution in [0.5, 0.6) is 0 Å². The number of carbonyl (C=O) groups excluding carboxylic acids is 1. The van der Waals surface area contributed by atoms with Gasteiger partial charge in [0, 0.05) is 7.11 Å². The van der Waals surface area contributed by atoms with Crippen molar-refractivity contribution < 1.29 is 9.53 Å². The normalized spacial score (nSPS) is 13.1. The highest BCUT2D eigenvalue weighted by Gasteiger charge is 2.13. The Labute approximate surface area is 67.1 Å². The van der Waals surface area contributed by atoms with Crippen molar-refractivity contribution in [1.29, 1.82) is 0 Å². The predicted molar refractivity (Wildman–Crippen MR) is 43.2 cm³/mol. The molecular weight excluding hydrogens is 144 g/mol. The van der Waals surface area contributed by atoms with Crippen LogP contribution in [0.1, 0.15) is 13.8 Å². The Morgan fingerprint density at radius 2 is 2.18 bits per heavy atom. The molecule has 2 amide bonds. The van der Waals surface area contributed by atoms with E-state index in [1.165, 1.54) is 0 Å². The predicted octanol–water partition coefficient (Wildman–Crippen LogP) is 0.326. The molecule has 0 aromatic rings. The largest absolute Gasteiger partial charge is 0.383 e. The van der Waals surface area contributed by atoms with Gasteiger partial charge < -0.3 is 15.8 Å². The molecule has 0 heterocycles. The van der Waals surface area contributed by atoms with Crippen LogP contribution >= 0.6 is 0 Å². The summed E-state index contributed by atoms with van der Waals surface area (Å²) in [7, 11) is 1.60. The van der Waals surface area contributed by atoms with Gasteiger partial charge in [0.25, 0.3) is 0 Å². The zero-order valence-corrected chi connectivity index (χ0v) is 7.26. The lowest BCUT2D eigenvalue weighted by atomic mass is 10.1. The lowest BCUT2D eigenvalue weighted by molar-refractivity contribution is 0.149. The van der Waals surface area contributed by atoms with E-state index in [0.717, 1.165) is 0 Å². The standard InChI is InChI=1S/C7H16N2O2/c1-5(2)6(4-11-3)9-7(8)10/h5-6H,4H2,1-3H3,(H3,8,9,10). The number of nitrogens with two attached hydrogens (primary N) is 1. The van der Waals surface area contributed by atoms with Gasteiger partial charge in [-0.25, -0.2) is 4.79 Å². The van der Waals surface area contributed by atoms with Crippen LogP contribution in [-0.2, 0) is 4.74 Å². The smallest absolute Gasteiger partial charge is 0.312 e. The SMILES string of the molecule is COCC(NC(N)=O)C(C)C. The minimum Gasteiger partial charge on any atom is -0.383 e. The summed E-state index contributed by atoms with van der Waals surface area (Å²) in [6, 6.07) is -0.488. The minimum atomic E-state index is -0.499. The summed E-state index contributed by atoms with van der Waals surface area (Å²) >= 11 is 0. The second kappa shape index (κ2) is 4.96. The molecule has 0 aliphatic rings. The van der Waals surface area contributed by atoms with Crippen LogP contribution in [0.15, 0.2) is 0 Å². The zero-order valence-electron chi connectivity index (χ0n) is 7.26. The van der Waals surface area contributed by atoms with Crippen molar-refractivity contribution in [2.45, 2.75) is 19.9 Å². The second-order valence-corrected chi connectivity index (χ2v) is 2.81. The van der Waals surface area contributed by atoms with Crippen molar-refractivity contribution in [3.63, 3.8) is 0 Å². The molecule has 0 saturated carbocycles. The molecule has 0 bridgehead atoms. The molecule has 0 aliphatic heterocycles. The Balaban J connectivity index is 3.79. The molecule has 0 spiro atoms. The first-order valence-electron chi connectivity index (χ1n) is 3.62. The third-order valence-electron chi connectivity index (χ3n) is 1.48. The molecule has 0 fully saturated rings. The number of nitrogens with one attached hydrogen (secondary N) is 1. The third kappa shape index (κ3) is 4.61. The highest BCUT2D eigenvalue weighted by Crippen LogP contribution is 2.00. The molecule has 4 heteroatoms. The van der Waals surface area contributed by atoms with Gasteiger partial charge in [0.1, 0.15) is 0 Å². The number of urea groups is 1. The summed E-state index contributed by atoms with van der Waals surface area (Å²) < 4.78 is 4.90. The molecule has 0 aromatic carbocycles. The topological polar surface area (TPSA) is 64.3 Å². The van der Waals surface area contributed by atoms with E-state index in [0.29, 0.717) is 12.5 Å². The van der Waals surface area contributed by atoms with E-state index in [-0.39, 0.29) is 6.04 Å². The van der Waals surface area contributed by atoms with Gasteiger partial charge in [0.2, 0.25) is 0 Å². The average molecular weight is 160 g/mol. The Hall–Kier alpha value is -0.770. The molecule has 1 unspecified atom stereocenters. The molecule has 0 radical (unpaired) electrons. The van der Waals surface area contributed by atoms with Gasteiger partial charge in [0.05, 0.1) is 12.6 Å². The second-order valence-electron chi connectivity index (χ2n) is 2.81. The number of carbonyl (C=O) groups is 1. The summed E-state index contributed by atoms with van der Waals surface area (Å²) in [6.45, 7) is 4.50. The fourth-order valence-electron chi connectivity index (χ4n) is 0.763. The quantitative estimate of drug-likeness (QED) is 0.622. The van der Waals surface area contributed by atoms with Crippen molar-refractivity contribution in [3.05, 3.63) is 0 Å². The third-order valence-corrected chi connectivity index (χ3v) is 1.48. The van der Waals surface area contributed by atoms with Gasteiger partial charge in [0.15, 0.2) is 0 Å². The maximum absolute atomic E-state index is 10.4. The first-order valence-corrected chi connectivity index (χ1v) is 3.62.